The molecule has 2 atom stereocenters. The Morgan fingerprint density at radius 1 is 0.781 bits per heavy atom. The van der Waals surface area contributed by atoms with E-state index in [4.69, 9.17) is 15.2 Å². The van der Waals surface area contributed by atoms with E-state index in [1.165, 1.54) is 24.3 Å². The number of carbonyl (C=O) groups excluding carboxylic acids is 3. The maximum absolute atomic E-state index is 13.0. The van der Waals surface area contributed by atoms with Gasteiger partial charge in [0.15, 0.2) is 12.2 Å². The highest BCUT2D eigenvalue weighted by Crippen LogP contribution is 2.26. The minimum Gasteiger partial charge on any atom is -0.457 e. The van der Waals surface area contributed by atoms with Crippen LogP contribution in [0.1, 0.15) is 10.4 Å². The van der Waals surface area contributed by atoms with Gasteiger partial charge in [0.05, 0.1) is 0 Å². The van der Waals surface area contributed by atoms with Gasteiger partial charge in [0.2, 0.25) is 5.91 Å². The maximum atomic E-state index is 13.0. The zero-order chi connectivity index (χ0) is 22.7. The Balaban J connectivity index is 1.30. The number of benzene rings is 3. The van der Waals surface area contributed by atoms with Crippen molar-refractivity contribution in [1.29, 1.82) is 0 Å². The van der Waals surface area contributed by atoms with Gasteiger partial charge in [0, 0.05) is 16.9 Å². The zero-order valence-corrected chi connectivity index (χ0v) is 16.6. The summed E-state index contributed by atoms with van der Waals surface area (Å²) in [6, 6.07) is 18.6. The van der Waals surface area contributed by atoms with Crippen molar-refractivity contribution in [2.24, 2.45) is 5.73 Å². The zero-order valence-electron chi connectivity index (χ0n) is 16.6. The second kappa shape index (κ2) is 8.86. The fourth-order valence-corrected chi connectivity index (χ4v) is 2.89. The minimum absolute atomic E-state index is 0.345. The van der Waals surface area contributed by atoms with E-state index >= 15 is 0 Å². The predicted molar refractivity (Wildman–Crippen MR) is 114 cm³/mol. The summed E-state index contributed by atoms with van der Waals surface area (Å²) in [6.07, 6.45) is -1.73. The van der Waals surface area contributed by atoms with Gasteiger partial charge in [-0.15, -0.1) is 0 Å². The average molecular weight is 435 g/mol. The molecule has 162 valence electrons. The Bertz CT molecular complexity index is 1150. The molecule has 0 spiro atoms. The molecule has 0 saturated carbocycles. The molecule has 0 aromatic heterocycles. The smallest absolute Gasteiger partial charge is 0.256 e. The van der Waals surface area contributed by atoms with Gasteiger partial charge in [-0.2, -0.15) is 0 Å². The number of rotatable bonds is 7. The summed E-state index contributed by atoms with van der Waals surface area (Å²) >= 11 is 0. The third-order valence-corrected chi connectivity index (χ3v) is 4.61. The lowest BCUT2D eigenvalue weighted by atomic mass is 10.2. The Morgan fingerprint density at radius 3 is 1.81 bits per heavy atom. The van der Waals surface area contributed by atoms with Crippen LogP contribution in [0.3, 0.4) is 0 Å². The number of amides is 3. The van der Waals surface area contributed by atoms with Crippen molar-refractivity contribution < 1.29 is 28.2 Å². The van der Waals surface area contributed by atoms with Crippen LogP contribution in [-0.2, 0) is 14.3 Å². The predicted octanol–water partition coefficient (Wildman–Crippen LogP) is 3.06. The van der Waals surface area contributed by atoms with Crippen LogP contribution < -0.4 is 21.1 Å². The molecule has 1 saturated heterocycles. The number of halogens is 1. The van der Waals surface area contributed by atoms with Gasteiger partial charge in [0.1, 0.15) is 17.3 Å². The lowest BCUT2D eigenvalue weighted by molar-refractivity contribution is -0.120. The largest absolute Gasteiger partial charge is 0.457 e. The number of primary amides is 1. The molecular formula is C23H18FN3O5. The van der Waals surface area contributed by atoms with Crippen molar-refractivity contribution in [2.45, 2.75) is 12.2 Å². The van der Waals surface area contributed by atoms with E-state index in [2.05, 4.69) is 10.6 Å². The molecule has 3 amide bonds. The van der Waals surface area contributed by atoms with Crippen molar-refractivity contribution >= 4 is 29.1 Å². The van der Waals surface area contributed by atoms with Gasteiger partial charge < -0.3 is 25.8 Å². The Hall–Kier alpha value is -4.24. The van der Waals surface area contributed by atoms with E-state index in [-0.39, 0.29) is 5.91 Å². The van der Waals surface area contributed by atoms with Crippen LogP contribution in [-0.4, -0.2) is 29.9 Å². The maximum Gasteiger partial charge on any atom is 0.256 e. The monoisotopic (exact) mass is 435 g/mol. The lowest BCUT2D eigenvalue weighted by Gasteiger charge is -2.09. The Morgan fingerprint density at radius 2 is 1.31 bits per heavy atom. The Kier molecular flexibility index (Phi) is 5.82. The number of ether oxygens (including phenoxy) is 2. The van der Waals surface area contributed by atoms with Gasteiger partial charge in [-0.1, -0.05) is 0 Å². The molecule has 0 unspecified atom stereocenters. The van der Waals surface area contributed by atoms with Crippen molar-refractivity contribution in [1.82, 2.24) is 0 Å². The highest BCUT2D eigenvalue weighted by atomic mass is 19.1. The van der Waals surface area contributed by atoms with Crippen LogP contribution in [0, 0.1) is 5.82 Å². The standard InChI is InChI=1S/C23H18FN3O5/c24-14-3-1-13(2-4-14)22(29)26-15-5-9-17(10-6-15)31-18-11-7-16(8-12-18)27-23(30)20-19(32-20)21(25)28/h1-12,19-20H,(H2,25,28)(H,26,29)(H,27,30)/t19-,20+/m1/s1. The first-order valence-electron chi connectivity index (χ1n) is 9.59. The third kappa shape index (κ3) is 5.08. The first kappa shape index (κ1) is 21.0. The van der Waals surface area contributed by atoms with Crippen molar-refractivity contribution in [3.05, 3.63) is 84.2 Å². The van der Waals surface area contributed by atoms with Gasteiger partial charge in [-0.25, -0.2) is 4.39 Å². The van der Waals surface area contributed by atoms with Crippen LogP contribution in [0.15, 0.2) is 72.8 Å². The first-order valence-corrected chi connectivity index (χ1v) is 9.59. The van der Waals surface area contributed by atoms with E-state index in [9.17, 15) is 18.8 Å². The molecule has 1 aliphatic rings. The molecule has 32 heavy (non-hydrogen) atoms. The van der Waals surface area contributed by atoms with Gasteiger partial charge in [-0.3, -0.25) is 14.4 Å². The summed E-state index contributed by atoms with van der Waals surface area (Å²) < 4.78 is 23.6. The lowest BCUT2D eigenvalue weighted by Crippen LogP contribution is -2.26. The summed E-state index contributed by atoms with van der Waals surface area (Å²) in [7, 11) is 0. The minimum atomic E-state index is -0.874. The summed E-state index contributed by atoms with van der Waals surface area (Å²) in [5.74, 6) is -0.807. The fraction of sp³-hybridized carbons (Fsp3) is 0.0870. The van der Waals surface area contributed by atoms with E-state index in [0.717, 1.165) is 0 Å². The van der Waals surface area contributed by atoms with E-state index < -0.39 is 29.8 Å². The number of hydrogen-bond acceptors (Lipinski definition) is 5. The molecule has 0 bridgehead atoms. The molecule has 3 aromatic rings. The quantitative estimate of drug-likeness (QED) is 0.492. The summed E-state index contributed by atoms with van der Waals surface area (Å²) in [5.41, 5.74) is 6.50. The highest BCUT2D eigenvalue weighted by molar-refractivity contribution is 6.04. The number of hydrogen-bond donors (Lipinski definition) is 3. The molecule has 0 aliphatic carbocycles. The van der Waals surface area contributed by atoms with Gasteiger partial charge in [0.25, 0.3) is 11.8 Å². The summed E-state index contributed by atoms with van der Waals surface area (Å²) in [5, 5.41) is 5.36. The van der Waals surface area contributed by atoms with E-state index in [1.807, 2.05) is 0 Å². The first-order chi connectivity index (χ1) is 15.4. The van der Waals surface area contributed by atoms with Crippen molar-refractivity contribution in [3.8, 4) is 11.5 Å². The SMILES string of the molecule is NC(=O)[C@@H]1O[C@@H]1C(=O)Nc1ccc(Oc2ccc(NC(=O)c3ccc(F)cc3)cc2)cc1. The van der Waals surface area contributed by atoms with Crippen LogP contribution in [0.4, 0.5) is 15.8 Å². The van der Waals surface area contributed by atoms with Gasteiger partial charge >= 0.3 is 0 Å². The number of nitrogens with one attached hydrogen (secondary N) is 2. The van der Waals surface area contributed by atoms with Crippen LogP contribution in [0.5, 0.6) is 11.5 Å². The van der Waals surface area contributed by atoms with Crippen LogP contribution >= 0.6 is 0 Å². The molecule has 1 aliphatic heterocycles. The van der Waals surface area contributed by atoms with Crippen LogP contribution in [0.2, 0.25) is 0 Å². The molecule has 3 aromatic carbocycles. The van der Waals surface area contributed by atoms with Crippen molar-refractivity contribution in [3.63, 3.8) is 0 Å². The number of carbonyl (C=O) groups is 3. The molecule has 0 radical (unpaired) electrons. The normalized spacial score (nSPS) is 16.7. The number of anilines is 2. The van der Waals surface area contributed by atoms with Gasteiger partial charge in [-0.05, 0) is 72.8 Å². The summed E-state index contributed by atoms with van der Waals surface area (Å²) in [4.78, 5) is 35.1. The third-order valence-electron chi connectivity index (χ3n) is 4.61. The number of nitrogens with two attached hydrogens (primary N) is 1. The molecule has 9 heteroatoms. The van der Waals surface area contributed by atoms with E-state index in [1.54, 1.807) is 48.5 Å². The second-order valence-electron chi connectivity index (χ2n) is 6.98. The fourth-order valence-electron chi connectivity index (χ4n) is 2.89. The molecule has 4 rings (SSSR count). The topological polar surface area (TPSA) is 123 Å². The highest BCUT2D eigenvalue weighted by Gasteiger charge is 2.49. The number of epoxide rings is 1. The summed E-state index contributed by atoms with van der Waals surface area (Å²) in [6.45, 7) is 0. The molecular weight excluding hydrogens is 417 g/mol. The molecule has 1 heterocycles. The van der Waals surface area contributed by atoms with Crippen LogP contribution in [0.25, 0.3) is 0 Å². The molecule has 1 fully saturated rings. The molecule has 4 N–H and O–H groups in total. The van der Waals surface area contributed by atoms with E-state index in [0.29, 0.717) is 28.4 Å². The molecule has 8 nitrogen and oxygen atoms in total. The Labute approximate surface area is 182 Å². The second-order valence-corrected chi connectivity index (χ2v) is 6.98. The van der Waals surface area contributed by atoms with Crippen molar-refractivity contribution in [2.75, 3.05) is 10.6 Å². The average Bonchev–Trinajstić information content (AvgIpc) is 3.58.